The van der Waals surface area contributed by atoms with E-state index in [1.54, 1.807) is 6.20 Å². The molecule has 3 fully saturated rings. The highest BCUT2D eigenvalue weighted by Crippen LogP contribution is 2.41. The van der Waals surface area contributed by atoms with Crippen LogP contribution in [0.3, 0.4) is 0 Å². The number of thioether (sulfide) groups is 1. The highest BCUT2D eigenvalue weighted by molar-refractivity contribution is 7.99. The molecule has 6 heteroatoms. The standard InChI is InChI=1S/C19H26N2O3S/c22-18(16-4-8-25-9-5-16)21-13-19(14-21)17(3-7-24-19)12-23-11-15-2-1-6-20-10-15/h1-2,6,10,16-17H,3-5,7-9,11-14H2. The molecule has 4 rings (SSSR count). The van der Waals surface area contributed by atoms with Crippen LogP contribution in [0.2, 0.25) is 0 Å². The van der Waals surface area contributed by atoms with E-state index in [-0.39, 0.29) is 11.5 Å². The van der Waals surface area contributed by atoms with Crippen LogP contribution in [0.5, 0.6) is 0 Å². The van der Waals surface area contributed by atoms with Gasteiger partial charge in [-0.05, 0) is 42.4 Å². The molecule has 1 aromatic heterocycles. The Hall–Kier alpha value is -1.11. The Morgan fingerprint density at radius 2 is 2.20 bits per heavy atom. The zero-order valence-electron chi connectivity index (χ0n) is 14.6. The van der Waals surface area contributed by atoms with E-state index in [2.05, 4.69) is 4.98 Å². The summed E-state index contributed by atoms with van der Waals surface area (Å²) in [5, 5.41) is 0. The number of carbonyl (C=O) groups is 1. The van der Waals surface area contributed by atoms with Crippen molar-refractivity contribution in [1.82, 2.24) is 9.88 Å². The van der Waals surface area contributed by atoms with Crippen molar-refractivity contribution in [2.45, 2.75) is 31.5 Å². The quantitative estimate of drug-likeness (QED) is 0.805. The van der Waals surface area contributed by atoms with Crippen molar-refractivity contribution in [2.75, 3.05) is 37.8 Å². The van der Waals surface area contributed by atoms with Crippen molar-refractivity contribution in [3.63, 3.8) is 0 Å². The minimum absolute atomic E-state index is 0.159. The molecule has 4 heterocycles. The van der Waals surface area contributed by atoms with Gasteiger partial charge in [0.05, 0.1) is 26.3 Å². The second-order valence-corrected chi connectivity index (χ2v) is 8.58. The Balaban J connectivity index is 1.26. The van der Waals surface area contributed by atoms with E-state index in [4.69, 9.17) is 9.47 Å². The summed E-state index contributed by atoms with van der Waals surface area (Å²) in [6.07, 6.45) is 6.70. The van der Waals surface area contributed by atoms with Crippen molar-refractivity contribution >= 4 is 17.7 Å². The molecule has 25 heavy (non-hydrogen) atoms. The Morgan fingerprint density at radius 1 is 1.36 bits per heavy atom. The molecule has 1 amide bonds. The van der Waals surface area contributed by atoms with Crippen LogP contribution in [-0.2, 0) is 20.9 Å². The zero-order chi connectivity index (χ0) is 17.1. The van der Waals surface area contributed by atoms with Crippen LogP contribution in [0.1, 0.15) is 24.8 Å². The predicted octanol–water partition coefficient (Wildman–Crippen LogP) is 2.36. The number of carbonyl (C=O) groups excluding carboxylic acids is 1. The molecule has 0 N–H and O–H groups in total. The van der Waals surface area contributed by atoms with Crippen LogP contribution < -0.4 is 0 Å². The summed E-state index contributed by atoms with van der Waals surface area (Å²) in [5.41, 5.74) is 0.935. The summed E-state index contributed by atoms with van der Waals surface area (Å²) in [6, 6.07) is 3.96. The third kappa shape index (κ3) is 3.71. The minimum Gasteiger partial charge on any atom is -0.376 e. The number of hydrogen-bond donors (Lipinski definition) is 0. The van der Waals surface area contributed by atoms with E-state index >= 15 is 0 Å². The lowest BCUT2D eigenvalue weighted by molar-refractivity contribution is -0.172. The van der Waals surface area contributed by atoms with Gasteiger partial charge in [0.25, 0.3) is 0 Å². The topological polar surface area (TPSA) is 51.7 Å². The number of ether oxygens (including phenoxy) is 2. The fourth-order valence-corrected chi connectivity index (χ4v) is 5.24. The monoisotopic (exact) mass is 362 g/mol. The van der Waals surface area contributed by atoms with Gasteiger partial charge in [-0.25, -0.2) is 0 Å². The van der Waals surface area contributed by atoms with Gasteiger partial charge in [0.1, 0.15) is 5.60 Å². The van der Waals surface area contributed by atoms with Gasteiger partial charge >= 0.3 is 0 Å². The van der Waals surface area contributed by atoms with E-state index in [1.165, 1.54) is 0 Å². The predicted molar refractivity (Wildman–Crippen MR) is 97.3 cm³/mol. The van der Waals surface area contributed by atoms with Gasteiger partial charge in [0, 0.05) is 30.8 Å². The van der Waals surface area contributed by atoms with Crippen LogP contribution in [0.25, 0.3) is 0 Å². The average molecular weight is 362 g/mol. The maximum absolute atomic E-state index is 12.6. The Kier molecular flexibility index (Phi) is 5.29. The van der Waals surface area contributed by atoms with Crippen LogP contribution in [-0.4, -0.2) is 59.2 Å². The SMILES string of the molecule is O=C(C1CCSCC1)N1CC2(C1)OCCC2COCc1cccnc1. The molecule has 136 valence electrons. The number of amides is 1. The smallest absolute Gasteiger partial charge is 0.225 e. The molecule has 0 radical (unpaired) electrons. The fraction of sp³-hybridized carbons (Fsp3) is 0.684. The van der Waals surface area contributed by atoms with Gasteiger partial charge in [-0.2, -0.15) is 11.8 Å². The molecule has 3 saturated heterocycles. The van der Waals surface area contributed by atoms with Crippen LogP contribution in [0, 0.1) is 11.8 Å². The molecule has 3 aliphatic rings. The molecule has 3 aliphatic heterocycles. The molecular formula is C19H26N2O3S. The van der Waals surface area contributed by atoms with Gasteiger partial charge in [-0.1, -0.05) is 6.07 Å². The number of nitrogens with zero attached hydrogens (tertiary/aromatic N) is 2. The second kappa shape index (κ2) is 7.64. The average Bonchev–Trinajstić information content (AvgIpc) is 3.05. The third-order valence-electron chi connectivity index (χ3n) is 5.71. The Labute approximate surface area is 153 Å². The molecule has 1 spiro atoms. The molecule has 0 bridgehead atoms. The van der Waals surface area contributed by atoms with Crippen molar-refractivity contribution in [3.8, 4) is 0 Å². The first-order chi connectivity index (χ1) is 12.3. The van der Waals surface area contributed by atoms with Crippen molar-refractivity contribution in [3.05, 3.63) is 30.1 Å². The van der Waals surface area contributed by atoms with Gasteiger partial charge in [0.15, 0.2) is 0 Å². The van der Waals surface area contributed by atoms with Gasteiger partial charge in [-0.3, -0.25) is 9.78 Å². The summed E-state index contributed by atoms with van der Waals surface area (Å²) in [4.78, 5) is 18.8. The number of pyridine rings is 1. The lowest BCUT2D eigenvalue weighted by Gasteiger charge is -2.51. The zero-order valence-corrected chi connectivity index (χ0v) is 15.4. The van der Waals surface area contributed by atoms with Crippen LogP contribution in [0.4, 0.5) is 0 Å². The van der Waals surface area contributed by atoms with Crippen molar-refractivity contribution < 1.29 is 14.3 Å². The molecule has 1 unspecified atom stereocenters. The second-order valence-electron chi connectivity index (χ2n) is 7.36. The van der Waals surface area contributed by atoms with Gasteiger partial charge in [0.2, 0.25) is 5.91 Å². The maximum Gasteiger partial charge on any atom is 0.225 e. The normalized spacial score (nSPS) is 25.9. The van der Waals surface area contributed by atoms with Crippen LogP contribution >= 0.6 is 11.8 Å². The molecule has 0 saturated carbocycles. The highest BCUT2D eigenvalue weighted by Gasteiger charge is 2.55. The van der Waals surface area contributed by atoms with E-state index in [0.29, 0.717) is 25.0 Å². The van der Waals surface area contributed by atoms with Gasteiger partial charge < -0.3 is 14.4 Å². The van der Waals surface area contributed by atoms with Crippen LogP contribution in [0.15, 0.2) is 24.5 Å². The van der Waals surface area contributed by atoms with Crippen molar-refractivity contribution in [1.29, 1.82) is 0 Å². The molecule has 0 aliphatic carbocycles. The summed E-state index contributed by atoms with van der Waals surface area (Å²) in [5.74, 6) is 3.21. The van der Waals surface area contributed by atoms with Gasteiger partial charge in [-0.15, -0.1) is 0 Å². The van der Waals surface area contributed by atoms with E-state index in [0.717, 1.165) is 56.0 Å². The first-order valence-corrected chi connectivity index (χ1v) is 10.4. The lowest BCUT2D eigenvalue weighted by atomic mass is 9.80. The number of rotatable bonds is 5. The summed E-state index contributed by atoms with van der Waals surface area (Å²) in [6.45, 7) is 3.55. The minimum atomic E-state index is -0.159. The number of aromatic nitrogens is 1. The molecule has 1 aromatic rings. The molecule has 5 nitrogen and oxygen atoms in total. The van der Waals surface area contributed by atoms with Crippen molar-refractivity contribution in [2.24, 2.45) is 11.8 Å². The summed E-state index contributed by atoms with van der Waals surface area (Å²) < 4.78 is 12.0. The fourth-order valence-electron chi connectivity index (χ4n) is 4.13. The maximum atomic E-state index is 12.6. The lowest BCUT2D eigenvalue weighted by Crippen LogP contribution is -2.67. The summed E-state index contributed by atoms with van der Waals surface area (Å²) >= 11 is 1.96. The molecule has 1 atom stereocenters. The molecule has 0 aromatic carbocycles. The first kappa shape index (κ1) is 17.3. The highest BCUT2D eigenvalue weighted by atomic mass is 32.2. The largest absolute Gasteiger partial charge is 0.376 e. The first-order valence-electron chi connectivity index (χ1n) is 9.24. The number of likely N-dealkylation sites (tertiary alicyclic amines) is 1. The molecular weight excluding hydrogens is 336 g/mol. The van der Waals surface area contributed by atoms with E-state index in [1.807, 2.05) is 35.0 Å². The Morgan fingerprint density at radius 3 is 2.96 bits per heavy atom. The summed E-state index contributed by atoms with van der Waals surface area (Å²) in [7, 11) is 0. The Bertz CT molecular complexity index is 586. The third-order valence-corrected chi connectivity index (χ3v) is 6.76. The number of hydrogen-bond acceptors (Lipinski definition) is 5. The van der Waals surface area contributed by atoms with E-state index in [9.17, 15) is 4.79 Å². The van der Waals surface area contributed by atoms with E-state index < -0.39 is 0 Å².